The molecule has 0 fully saturated rings. The molecule has 1 aromatic heterocycles. The molecule has 158 valence electrons. The van der Waals surface area contributed by atoms with Gasteiger partial charge in [-0.25, -0.2) is 0 Å². The monoisotopic (exact) mass is 433 g/mol. The number of hydrogen-bond donors (Lipinski definition) is 2. The number of carbonyl (C=O) groups excluding carboxylic acids is 3. The van der Waals surface area contributed by atoms with Gasteiger partial charge in [-0.15, -0.1) is 11.3 Å². The number of nitrogens with zero attached hydrogens (tertiary/aromatic N) is 1. The molecule has 0 saturated heterocycles. The predicted octanol–water partition coefficient (Wildman–Crippen LogP) is 3.31. The van der Waals surface area contributed by atoms with E-state index in [-0.39, 0.29) is 18.4 Å². The summed E-state index contributed by atoms with van der Waals surface area (Å²) >= 11 is 1.31. The van der Waals surface area contributed by atoms with Crippen molar-refractivity contribution in [2.45, 2.75) is 18.9 Å². The molecule has 2 aromatic carbocycles. The van der Waals surface area contributed by atoms with Crippen molar-refractivity contribution < 1.29 is 14.4 Å². The highest BCUT2D eigenvalue weighted by molar-refractivity contribution is 7.12. The molecule has 0 spiro atoms. The molecule has 1 atom stereocenters. The number of amides is 3. The number of hydrogen-bond acceptors (Lipinski definition) is 4. The number of thiophene rings is 1. The van der Waals surface area contributed by atoms with Crippen LogP contribution >= 0.6 is 11.3 Å². The zero-order chi connectivity index (χ0) is 21.6. The summed E-state index contributed by atoms with van der Waals surface area (Å²) in [6.45, 7) is 0.397. The van der Waals surface area contributed by atoms with Gasteiger partial charge in [0.25, 0.3) is 11.8 Å². The summed E-state index contributed by atoms with van der Waals surface area (Å²) in [6.07, 6.45) is 1.80. The third-order valence-corrected chi connectivity index (χ3v) is 6.08. The van der Waals surface area contributed by atoms with E-state index in [9.17, 15) is 14.4 Å². The summed E-state index contributed by atoms with van der Waals surface area (Å²) in [7, 11) is 0. The lowest BCUT2D eigenvalue weighted by Crippen LogP contribution is -2.47. The second-order valence-electron chi connectivity index (χ2n) is 7.29. The molecule has 3 amide bonds. The van der Waals surface area contributed by atoms with Crippen LogP contribution in [-0.4, -0.2) is 30.8 Å². The van der Waals surface area contributed by atoms with Crippen LogP contribution < -0.4 is 15.5 Å². The molecule has 0 radical (unpaired) electrons. The molecule has 3 aromatic rings. The Morgan fingerprint density at radius 3 is 2.52 bits per heavy atom. The number of benzene rings is 2. The van der Waals surface area contributed by atoms with Crippen molar-refractivity contribution in [1.29, 1.82) is 0 Å². The second-order valence-corrected chi connectivity index (χ2v) is 8.24. The van der Waals surface area contributed by atoms with Crippen molar-refractivity contribution in [1.82, 2.24) is 10.6 Å². The average molecular weight is 434 g/mol. The standard InChI is InChI=1S/C24H23N3O3S/c28-21(16-25-23(29)20-13-7-15-31-20)26-22(18-9-2-1-3-10-18)24(30)27-14-6-11-17-8-4-5-12-19(17)27/h1-5,7-10,12-13,15,22H,6,11,14,16H2,(H,25,29)(H,26,28)/t22-/m1/s1. The molecule has 0 saturated carbocycles. The third kappa shape index (κ3) is 4.83. The minimum atomic E-state index is -0.835. The first-order chi connectivity index (χ1) is 15.1. The number of aryl methyl sites for hydroxylation is 1. The zero-order valence-corrected chi connectivity index (χ0v) is 17.7. The highest BCUT2D eigenvalue weighted by Gasteiger charge is 2.30. The van der Waals surface area contributed by atoms with Gasteiger partial charge in [0.2, 0.25) is 5.91 Å². The zero-order valence-electron chi connectivity index (χ0n) is 16.9. The molecule has 0 bridgehead atoms. The summed E-state index contributed by atoms with van der Waals surface area (Å²) in [5, 5.41) is 7.23. The lowest BCUT2D eigenvalue weighted by molar-refractivity contribution is -0.127. The smallest absolute Gasteiger partial charge is 0.261 e. The maximum atomic E-state index is 13.5. The van der Waals surface area contributed by atoms with E-state index in [0.29, 0.717) is 17.0 Å². The van der Waals surface area contributed by atoms with Gasteiger partial charge in [0.1, 0.15) is 6.04 Å². The van der Waals surface area contributed by atoms with Gasteiger partial charge in [-0.1, -0.05) is 54.6 Å². The van der Waals surface area contributed by atoms with Crippen LogP contribution in [0.4, 0.5) is 5.69 Å². The van der Waals surface area contributed by atoms with E-state index in [0.717, 1.165) is 24.1 Å². The first kappa shape index (κ1) is 20.8. The Labute approximate surface area is 184 Å². The Balaban J connectivity index is 1.51. The number of carbonyl (C=O) groups is 3. The highest BCUT2D eigenvalue weighted by Crippen LogP contribution is 2.29. The number of nitrogens with one attached hydrogen (secondary N) is 2. The minimum absolute atomic E-state index is 0.184. The molecule has 2 heterocycles. The SMILES string of the molecule is O=C(CNC(=O)c1cccs1)N[C@@H](C(=O)N1CCCc2ccccc21)c1ccccc1. The molecular weight excluding hydrogens is 410 g/mol. The van der Waals surface area contributed by atoms with Crippen molar-refractivity contribution in [3.05, 3.63) is 88.1 Å². The van der Waals surface area contributed by atoms with E-state index in [1.54, 1.807) is 22.4 Å². The number of para-hydroxylation sites is 1. The molecule has 6 nitrogen and oxygen atoms in total. The normalized spacial score (nSPS) is 13.7. The van der Waals surface area contributed by atoms with Crippen LogP contribution in [0.5, 0.6) is 0 Å². The molecule has 31 heavy (non-hydrogen) atoms. The van der Waals surface area contributed by atoms with Gasteiger partial charge in [0.15, 0.2) is 0 Å². The van der Waals surface area contributed by atoms with Crippen LogP contribution in [0.15, 0.2) is 72.1 Å². The van der Waals surface area contributed by atoms with Crippen LogP contribution in [-0.2, 0) is 16.0 Å². The molecule has 1 aliphatic rings. The van der Waals surface area contributed by atoms with E-state index in [1.807, 2.05) is 54.6 Å². The Kier molecular flexibility index (Phi) is 6.43. The van der Waals surface area contributed by atoms with E-state index in [4.69, 9.17) is 0 Å². The number of fused-ring (bicyclic) bond motifs is 1. The van der Waals surface area contributed by atoms with Crippen LogP contribution in [0.3, 0.4) is 0 Å². The van der Waals surface area contributed by atoms with Gasteiger partial charge in [0, 0.05) is 12.2 Å². The third-order valence-electron chi connectivity index (χ3n) is 5.22. The fourth-order valence-electron chi connectivity index (χ4n) is 3.72. The van der Waals surface area contributed by atoms with Crippen molar-refractivity contribution in [2.24, 2.45) is 0 Å². The summed E-state index contributed by atoms with van der Waals surface area (Å²) < 4.78 is 0. The first-order valence-corrected chi connectivity index (χ1v) is 11.1. The number of rotatable bonds is 6. The van der Waals surface area contributed by atoms with E-state index >= 15 is 0 Å². The van der Waals surface area contributed by atoms with E-state index in [1.165, 1.54) is 11.3 Å². The van der Waals surface area contributed by atoms with E-state index < -0.39 is 11.9 Å². The van der Waals surface area contributed by atoms with Crippen LogP contribution in [0.25, 0.3) is 0 Å². The topological polar surface area (TPSA) is 78.5 Å². The minimum Gasteiger partial charge on any atom is -0.342 e. The van der Waals surface area contributed by atoms with Crippen LogP contribution in [0.2, 0.25) is 0 Å². The van der Waals surface area contributed by atoms with Gasteiger partial charge in [-0.2, -0.15) is 0 Å². The molecule has 1 aliphatic heterocycles. The predicted molar refractivity (Wildman–Crippen MR) is 121 cm³/mol. The quantitative estimate of drug-likeness (QED) is 0.626. The van der Waals surface area contributed by atoms with Crippen LogP contribution in [0.1, 0.15) is 33.3 Å². The Hall–Kier alpha value is -3.45. The van der Waals surface area contributed by atoms with Crippen LogP contribution in [0, 0.1) is 0 Å². The van der Waals surface area contributed by atoms with Gasteiger partial charge < -0.3 is 15.5 Å². The highest BCUT2D eigenvalue weighted by atomic mass is 32.1. The van der Waals surface area contributed by atoms with Gasteiger partial charge >= 0.3 is 0 Å². The van der Waals surface area contributed by atoms with Crippen molar-refractivity contribution >= 4 is 34.7 Å². The number of anilines is 1. The van der Waals surface area contributed by atoms with Gasteiger partial charge in [-0.05, 0) is 41.5 Å². The fourth-order valence-corrected chi connectivity index (χ4v) is 4.36. The molecular formula is C24H23N3O3S. The molecule has 4 rings (SSSR count). The second kappa shape index (κ2) is 9.57. The lowest BCUT2D eigenvalue weighted by atomic mass is 9.99. The Bertz CT molecular complexity index is 1070. The molecule has 0 aliphatic carbocycles. The fraction of sp³-hybridized carbons (Fsp3) is 0.208. The molecule has 7 heteroatoms. The first-order valence-electron chi connectivity index (χ1n) is 10.2. The van der Waals surface area contributed by atoms with Crippen molar-refractivity contribution in [3.8, 4) is 0 Å². The maximum absolute atomic E-state index is 13.5. The van der Waals surface area contributed by atoms with Crippen molar-refractivity contribution in [3.63, 3.8) is 0 Å². The Morgan fingerprint density at radius 2 is 1.74 bits per heavy atom. The summed E-state index contributed by atoms with van der Waals surface area (Å²) in [5.74, 6) is -0.911. The summed E-state index contributed by atoms with van der Waals surface area (Å²) in [5.41, 5.74) is 2.72. The Morgan fingerprint density at radius 1 is 0.968 bits per heavy atom. The average Bonchev–Trinajstić information content (AvgIpc) is 3.36. The molecule has 0 unspecified atom stereocenters. The van der Waals surface area contributed by atoms with Gasteiger partial charge in [0.05, 0.1) is 11.4 Å². The van der Waals surface area contributed by atoms with Gasteiger partial charge in [-0.3, -0.25) is 14.4 Å². The summed E-state index contributed by atoms with van der Waals surface area (Å²) in [4.78, 5) is 40.6. The largest absolute Gasteiger partial charge is 0.342 e. The van der Waals surface area contributed by atoms with E-state index in [2.05, 4.69) is 10.6 Å². The maximum Gasteiger partial charge on any atom is 0.261 e. The summed E-state index contributed by atoms with van der Waals surface area (Å²) in [6, 6.07) is 19.7. The van der Waals surface area contributed by atoms with Crippen molar-refractivity contribution in [2.75, 3.05) is 18.0 Å². The molecule has 2 N–H and O–H groups in total. The lowest BCUT2D eigenvalue weighted by Gasteiger charge is -2.32.